The van der Waals surface area contributed by atoms with Gasteiger partial charge in [0.1, 0.15) is 5.60 Å². The van der Waals surface area contributed by atoms with Crippen LogP contribution in [-0.2, 0) is 4.74 Å². The van der Waals surface area contributed by atoms with Crippen LogP contribution in [0.15, 0.2) is 0 Å². The van der Waals surface area contributed by atoms with Gasteiger partial charge in [-0.15, -0.1) is 0 Å². The van der Waals surface area contributed by atoms with Gasteiger partial charge in [-0.05, 0) is 52.5 Å². The molecular formula is C14H27N3O2. The summed E-state index contributed by atoms with van der Waals surface area (Å²) in [5.41, 5.74) is 5.36. The van der Waals surface area contributed by atoms with Gasteiger partial charge in [0.15, 0.2) is 0 Å². The zero-order valence-corrected chi connectivity index (χ0v) is 12.3. The highest BCUT2D eigenvalue weighted by atomic mass is 16.6. The quantitative estimate of drug-likeness (QED) is 0.811. The molecule has 2 rings (SSSR count). The molecule has 19 heavy (non-hydrogen) atoms. The van der Waals surface area contributed by atoms with Crippen LogP contribution in [0.1, 0.15) is 40.0 Å². The third-order valence-corrected chi connectivity index (χ3v) is 3.81. The van der Waals surface area contributed by atoms with Gasteiger partial charge < -0.3 is 20.7 Å². The Bertz CT molecular complexity index is 321. The Kier molecular flexibility index (Phi) is 4.36. The van der Waals surface area contributed by atoms with E-state index >= 15 is 0 Å². The first-order valence-electron chi connectivity index (χ1n) is 7.30. The zero-order valence-electron chi connectivity index (χ0n) is 12.3. The lowest BCUT2D eigenvalue weighted by Gasteiger charge is -2.34. The highest BCUT2D eigenvalue weighted by Gasteiger charge is 2.31. The molecule has 2 fully saturated rings. The monoisotopic (exact) mass is 269 g/mol. The number of nitrogens with one attached hydrogen (secondary N) is 1. The lowest BCUT2D eigenvalue weighted by atomic mass is 9.87. The molecule has 1 saturated carbocycles. The molecule has 0 spiro atoms. The van der Waals surface area contributed by atoms with E-state index < -0.39 is 5.60 Å². The smallest absolute Gasteiger partial charge is 0.410 e. The molecule has 0 bridgehead atoms. The summed E-state index contributed by atoms with van der Waals surface area (Å²) in [5, 5.41) is 3.54. The Morgan fingerprint density at radius 2 is 2.11 bits per heavy atom. The lowest BCUT2D eigenvalue weighted by Crippen LogP contribution is -2.49. The largest absolute Gasteiger partial charge is 0.444 e. The maximum absolute atomic E-state index is 11.9. The minimum atomic E-state index is -0.407. The van der Waals surface area contributed by atoms with Crippen LogP contribution in [0.2, 0.25) is 0 Å². The van der Waals surface area contributed by atoms with Crippen molar-refractivity contribution < 1.29 is 9.53 Å². The standard InChI is InChI=1S/C14H27N3O2/c1-14(2,3)19-13(18)17-5-4-10(9-17)8-16-12-6-11(15)7-12/h10-12,16H,4-9,15H2,1-3H3. The van der Waals surface area contributed by atoms with Crippen LogP contribution in [0.25, 0.3) is 0 Å². The van der Waals surface area contributed by atoms with Crippen molar-refractivity contribution in [3.63, 3.8) is 0 Å². The number of nitrogens with zero attached hydrogens (tertiary/aromatic N) is 1. The number of hydrogen-bond donors (Lipinski definition) is 2. The highest BCUT2D eigenvalue weighted by molar-refractivity contribution is 5.68. The van der Waals surface area contributed by atoms with E-state index in [9.17, 15) is 4.79 Å². The predicted molar refractivity (Wildman–Crippen MR) is 74.9 cm³/mol. The Balaban J connectivity index is 1.66. The first-order chi connectivity index (χ1) is 8.83. The fourth-order valence-electron chi connectivity index (χ4n) is 2.65. The van der Waals surface area contributed by atoms with Gasteiger partial charge in [-0.2, -0.15) is 0 Å². The number of ether oxygens (including phenoxy) is 1. The van der Waals surface area contributed by atoms with Crippen molar-refractivity contribution in [2.75, 3.05) is 19.6 Å². The number of rotatable bonds is 3. The van der Waals surface area contributed by atoms with Crippen LogP contribution in [0, 0.1) is 5.92 Å². The molecule has 5 nitrogen and oxygen atoms in total. The average Bonchev–Trinajstić information content (AvgIpc) is 2.69. The fraction of sp³-hybridized carbons (Fsp3) is 0.929. The topological polar surface area (TPSA) is 67.6 Å². The van der Waals surface area contributed by atoms with Crippen molar-refractivity contribution in [3.8, 4) is 0 Å². The third-order valence-electron chi connectivity index (χ3n) is 3.81. The SMILES string of the molecule is CC(C)(C)OC(=O)N1CCC(CNC2CC(N)C2)C1. The number of carbonyl (C=O) groups is 1. The van der Waals surface area contributed by atoms with Gasteiger partial charge in [0, 0.05) is 25.2 Å². The Morgan fingerprint density at radius 3 is 2.68 bits per heavy atom. The van der Waals surface area contributed by atoms with Crippen molar-refractivity contribution >= 4 is 6.09 Å². The minimum Gasteiger partial charge on any atom is -0.444 e. The second kappa shape index (κ2) is 5.67. The summed E-state index contributed by atoms with van der Waals surface area (Å²) >= 11 is 0. The molecule has 0 aromatic rings. The van der Waals surface area contributed by atoms with Gasteiger partial charge in [0.25, 0.3) is 0 Å². The van der Waals surface area contributed by atoms with Gasteiger partial charge in [-0.3, -0.25) is 0 Å². The summed E-state index contributed by atoms with van der Waals surface area (Å²) in [6.45, 7) is 8.31. The van der Waals surface area contributed by atoms with Crippen LogP contribution < -0.4 is 11.1 Å². The number of likely N-dealkylation sites (tertiary alicyclic amines) is 1. The average molecular weight is 269 g/mol. The van der Waals surface area contributed by atoms with E-state index in [1.165, 1.54) is 0 Å². The maximum Gasteiger partial charge on any atom is 0.410 e. The van der Waals surface area contributed by atoms with Crippen LogP contribution in [-0.4, -0.2) is 48.3 Å². The molecule has 0 aromatic carbocycles. The van der Waals surface area contributed by atoms with E-state index in [0.717, 1.165) is 38.9 Å². The molecule has 1 unspecified atom stereocenters. The third kappa shape index (κ3) is 4.35. The van der Waals surface area contributed by atoms with Crippen molar-refractivity contribution in [2.45, 2.75) is 57.7 Å². The lowest BCUT2D eigenvalue weighted by molar-refractivity contribution is 0.0288. The normalized spacial score (nSPS) is 31.2. The molecule has 5 heteroatoms. The molecule has 1 amide bonds. The Hall–Kier alpha value is -0.810. The van der Waals surface area contributed by atoms with Crippen molar-refractivity contribution in [1.29, 1.82) is 0 Å². The Morgan fingerprint density at radius 1 is 1.42 bits per heavy atom. The van der Waals surface area contributed by atoms with Gasteiger partial charge in [-0.25, -0.2) is 4.79 Å². The molecule has 3 N–H and O–H groups in total. The molecule has 0 aromatic heterocycles. The first-order valence-corrected chi connectivity index (χ1v) is 7.30. The van der Waals surface area contributed by atoms with E-state index in [0.29, 0.717) is 18.0 Å². The number of nitrogens with two attached hydrogens (primary N) is 1. The zero-order chi connectivity index (χ0) is 14.0. The van der Waals surface area contributed by atoms with Gasteiger partial charge in [0.2, 0.25) is 0 Å². The molecular weight excluding hydrogens is 242 g/mol. The van der Waals surface area contributed by atoms with Gasteiger partial charge in [0.05, 0.1) is 0 Å². The maximum atomic E-state index is 11.9. The summed E-state index contributed by atoms with van der Waals surface area (Å²) < 4.78 is 5.39. The predicted octanol–water partition coefficient (Wildman–Crippen LogP) is 1.32. The summed E-state index contributed by atoms with van der Waals surface area (Å²) in [6.07, 6.45) is 3.05. The van der Waals surface area contributed by atoms with Crippen molar-refractivity contribution in [2.24, 2.45) is 11.7 Å². The van der Waals surface area contributed by atoms with E-state index in [4.69, 9.17) is 10.5 Å². The molecule has 1 saturated heterocycles. The first kappa shape index (κ1) is 14.6. The molecule has 1 aliphatic carbocycles. The molecule has 1 heterocycles. The summed E-state index contributed by atoms with van der Waals surface area (Å²) in [6, 6.07) is 0.977. The second-order valence-electron chi connectivity index (χ2n) is 6.92. The fourth-order valence-corrected chi connectivity index (χ4v) is 2.65. The molecule has 1 atom stereocenters. The van der Waals surface area contributed by atoms with Crippen LogP contribution in [0.5, 0.6) is 0 Å². The van der Waals surface area contributed by atoms with Crippen LogP contribution in [0.3, 0.4) is 0 Å². The van der Waals surface area contributed by atoms with Gasteiger partial charge in [-0.1, -0.05) is 0 Å². The molecule has 0 radical (unpaired) electrons. The van der Waals surface area contributed by atoms with E-state index in [-0.39, 0.29) is 6.09 Å². The molecule has 1 aliphatic heterocycles. The Labute approximate surface area is 115 Å². The molecule has 110 valence electrons. The van der Waals surface area contributed by atoms with E-state index in [2.05, 4.69) is 5.32 Å². The minimum absolute atomic E-state index is 0.180. The van der Waals surface area contributed by atoms with Crippen LogP contribution in [0.4, 0.5) is 4.79 Å². The number of hydrogen-bond acceptors (Lipinski definition) is 4. The van der Waals surface area contributed by atoms with Gasteiger partial charge >= 0.3 is 6.09 Å². The van der Waals surface area contributed by atoms with Crippen LogP contribution >= 0.6 is 0 Å². The summed E-state index contributed by atoms with van der Waals surface area (Å²) in [4.78, 5) is 13.7. The summed E-state index contributed by atoms with van der Waals surface area (Å²) in [5.74, 6) is 0.546. The number of amides is 1. The molecule has 2 aliphatic rings. The van der Waals surface area contributed by atoms with E-state index in [1.54, 1.807) is 0 Å². The van der Waals surface area contributed by atoms with Crippen molar-refractivity contribution in [3.05, 3.63) is 0 Å². The van der Waals surface area contributed by atoms with E-state index in [1.807, 2.05) is 25.7 Å². The highest BCUT2D eigenvalue weighted by Crippen LogP contribution is 2.21. The van der Waals surface area contributed by atoms with Crippen molar-refractivity contribution in [1.82, 2.24) is 10.2 Å². The summed E-state index contributed by atoms with van der Waals surface area (Å²) in [7, 11) is 0. The second-order valence-corrected chi connectivity index (χ2v) is 6.92. The number of carbonyl (C=O) groups excluding carboxylic acids is 1.